The first-order valence-electron chi connectivity index (χ1n) is 7.27. The lowest BCUT2D eigenvalue weighted by molar-refractivity contribution is 0.0961. The maximum Gasteiger partial charge on any atom is -0.0196 e. The zero-order valence-corrected chi connectivity index (χ0v) is 9.76. The van der Waals surface area contributed by atoms with Gasteiger partial charge in [-0.25, -0.2) is 0 Å². The minimum Gasteiger partial charge on any atom is -0.0848 e. The molecule has 0 amide bonds. The summed E-state index contributed by atoms with van der Waals surface area (Å²) in [5, 5.41) is 0. The summed E-state index contributed by atoms with van der Waals surface area (Å²) in [5.41, 5.74) is 0. The van der Waals surface area contributed by atoms with Crippen LogP contribution in [0.15, 0.2) is 24.3 Å². The van der Waals surface area contributed by atoms with Gasteiger partial charge in [-0.2, -0.15) is 0 Å². The number of allylic oxidation sites excluding steroid dienone is 4. The van der Waals surface area contributed by atoms with Crippen LogP contribution in [0.2, 0.25) is 0 Å². The van der Waals surface area contributed by atoms with Crippen molar-refractivity contribution in [3.63, 3.8) is 0 Å². The highest BCUT2D eigenvalue weighted by molar-refractivity contribution is 5.20. The van der Waals surface area contributed by atoms with E-state index in [1.54, 1.807) is 12.8 Å². The van der Waals surface area contributed by atoms with Crippen LogP contribution in [-0.4, -0.2) is 0 Å². The van der Waals surface area contributed by atoms with Gasteiger partial charge in [-0.1, -0.05) is 24.3 Å². The minimum atomic E-state index is 0.985. The molecular formula is C16H20. The molecule has 16 heavy (non-hydrogen) atoms. The Kier molecular flexibility index (Phi) is 1.42. The van der Waals surface area contributed by atoms with Crippen molar-refractivity contribution in [3.8, 4) is 0 Å². The average molecular weight is 212 g/mol. The van der Waals surface area contributed by atoms with Crippen molar-refractivity contribution >= 4 is 0 Å². The molecule has 0 heteroatoms. The molecule has 0 radical (unpaired) electrons. The molecule has 0 aliphatic heterocycles. The molecule has 0 nitrogen and oxygen atoms in total. The van der Waals surface area contributed by atoms with Gasteiger partial charge in [-0.3, -0.25) is 0 Å². The molecule has 5 rings (SSSR count). The third-order valence-electron chi connectivity index (χ3n) is 6.69. The van der Waals surface area contributed by atoms with Crippen LogP contribution in [0.1, 0.15) is 25.7 Å². The third kappa shape index (κ3) is 0.858. The second-order valence-electron chi connectivity index (χ2n) is 7.02. The van der Waals surface area contributed by atoms with Crippen LogP contribution in [0.3, 0.4) is 0 Å². The Morgan fingerprint density at radius 3 is 1.06 bits per heavy atom. The highest BCUT2D eigenvalue weighted by Gasteiger charge is 2.55. The third-order valence-corrected chi connectivity index (χ3v) is 6.69. The normalized spacial score (nSPS) is 64.0. The predicted molar refractivity (Wildman–Crippen MR) is 64.7 cm³/mol. The highest BCUT2D eigenvalue weighted by atomic mass is 14.6. The molecule has 0 aromatic heterocycles. The molecule has 8 atom stereocenters. The van der Waals surface area contributed by atoms with Crippen LogP contribution in [-0.2, 0) is 0 Å². The molecule has 0 aromatic rings. The summed E-state index contributed by atoms with van der Waals surface area (Å²) in [6.45, 7) is 0. The lowest BCUT2D eigenvalue weighted by Crippen LogP contribution is -2.35. The number of rotatable bonds is 0. The fraction of sp³-hybridized carbons (Fsp3) is 0.750. The van der Waals surface area contributed by atoms with Gasteiger partial charge in [0, 0.05) is 0 Å². The molecule has 3 saturated carbocycles. The molecule has 84 valence electrons. The Morgan fingerprint density at radius 2 is 0.750 bits per heavy atom. The number of hydrogen-bond acceptors (Lipinski definition) is 0. The van der Waals surface area contributed by atoms with Crippen molar-refractivity contribution in [2.24, 2.45) is 47.3 Å². The van der Waals surface area contributed by atoms with Crippen molar-refractivity contribution in [2.45, 2.75) is 25.7 Å². The van der Waals surface area contributed by atoms with E-state index >= 15 is 0 Å². The Hall–Kier alpha value is -0.520. The van der Waals surface area contributed by atoms with E-state index in [9.17, 15) is 0 Å². The summed E-state index contributed by atoms with van der Waals surface area (Å²) < 4.78 is 0. The summed E-state index contributed by atoms with van der Waals surface area (Å²) >= 11 is 0. The van der Waals surface area contributed by atoms with E-state index in [1.807, 2.05) is 0 Å². The zero-order valence-electron chi connectivity index (χ0n) is 9.76. The molecule has 5 aliphatic rings. The second-order valence-corrected chi connectivity index (χ2v) is 7.02. The van der Waals surface area contributed by atoms with Gasteiger partial charge in [-0.05, 0) is 73.0 Å². The van der Waals surface area contributed by atoms with Gasteiger partial charge in [0.15, 0.2) is 0 Å². The minimum absolute atomic E-state index is 0.985. The van der Waals surface area contributed by atoms with Crippen molar-refractivity contribution in [3.05, 3.63) is 24.3 Å². The van der Waals surface area contributed by atoms with E-state index in [0.29, 0.717) is 0 Å². The van der Waals surface area contributed by atoms with E-state index in [4.69, 9.17) is 0 Å². The topological polar surface area (TPSA) is 0 Å². The SMILES string of the molecule is C1=C[C@H]2C[C@@H]1[C@@H]1C[C@H]3[C@@H](C[C@@H]12)[C@@H]1C=C[C@H]3C1. The van der Waals surface area contributed by atoms with Crippen molar-refractivity contribution in [1.82, 2.24) is 0 Å². The van der Waals surface area contributed by atoms with Gasteiger partial charge in [0.1, 0.15) is 0 Å². The first kappa shape index (κ1) is 8.55. The van der Waals surface area contributed by atoms with Crippen molar-refractivity contribution in [2.75, 3.05) is 0 Å². The molecule has 0 heterocycles. The maximum atomic E-state index is 2.55. The van der Waals surface area contributed by atoms with Crippen molar-refractivity contribution < 1.29 is 0 Å². The largest absolute Gasteiger partial charge is 0.0848 e. The van der Waals surface area contributed by atoms with E-state index in [2.05, 4.69) is 24.3 Å². The molecule has 3 fully saturated rings. The van der Waals surface area contributed by atoms with Crippen LogP contribution >= 0.6 is 0 Å². The quantitative estimate of drug-likeness (QED) is 0.538. The van der Waals surface area contributed by atoms with E-state index < -0.39 is 0 Å². The lowest BCUT2D eigenvalue weighted by atomic mass is 9.62. The van der Waals surface area contributed by atoms with Crippen molar-refractivity contribution in [1.29, 1.82) is 0 Å². The van der Waals surface area contributed by atoms with Crippen LogP contribution in [0, 0.1) is 47.3 Å². The van der Waals surface area contributed by atoms with E-state index in [0.717, 1.165) is 47.3 Å². The molecule has 0 N–H and O–H groups in total. The zero-order chi connectivity index (χ0) is 10.3. The van der Waals surface area contributed by atoms with Gasteiger partial charge >= 0.3 is 0 Å². The molecule has 0 unspecified atom stereocenters. The van der Waals surface area contributed by atoms with Gasteiger partial charge in [0.05, 0.1) is 0 Å². The Bertz CT molecular complexity index is 321. The first-order valence-corrected chi connectivity index (χ1v) is 7.27. The predicted octanol–water partition coefficient (Wildman–Crippen LogP) is 3.66. The number of hydrogen-bond donors (Lipinski definition) is 0. The Morgan fingerprint density at radius 1 is 0.438 bits per heavy atom. The summed E-state index contributed by atoms with van der Waals surface area (Å²) in [4.78, 5) is 0. The van der Waals surface area contributed by atoms with Crippen LogP contribution in [0.5, 0.6) is 0 Å². The highest BCUT2D eigenvalue weighted by Crippen LogP contribution is 2.63. The lowest BCUT2D eigenvalue weighted by Gasteiger charge is -2.43. The summed E-state index contributed by atoms with van der Waals surface area (Å²) in [7, 11) is 0. The van der Waals surface area contributed by atoms with E-state index in [1.165, 1.54) is 12.8 Å². The Labute approximate surface area is 97.8 Å². The van der Waals surface area contributed by atoms with Gasteiger partial charge in [0.2, 0.25) is 0 Å². The average Bonchev–Trinajstić information content (AvgIpc) is 3.07. The molecule has 0 saturated heterocycles. The first-order chi connectivity index (χ1) is 7.90. The van der Waals surface area contributed by atoms with E-state index in [-0.39, 0.29) is 0 Å². The van der Waals surface area contributed by atoms with Crippen LogP contribution in [0.4, 0.5) is 0 Å². The fourth-order valence-electron chi connectivity index (χ4n) is 6.08. The molecule has 0 aromatic carbocycles. The molecule has 5 aliphatic carbocycles. The maximum absolute atomic E-state index is 2.55. The molecule has 0 spiro atoms. The van der Waals surface area contributed by atoms with Gasteiger partial charge < -0.3 is 0 Å². The second kappa shape index (κ2) is 2.66. The summed E-state index contributed by atoms with van der Waals surface area (Å²) in [6.07, 6.45) is 16.4. The van der Waals surface area contributed by atoms with Crippen LogP contribution in [0.25, 0.3) is 0 Å². The van der Waals surface area contributed by atoms with Crippen LogP contribution < -0.4 is 0 Å². The summed E-state index contributed by atoms with van der Waals surface area (Å²) in [5.74, 6) is 8.29. The fourth-order valence-corrected chi connectivity index (χ4v) is 6.08. The van der Waals surface area contributed by atoms with Gasteiger partial charge in [-0.15, -0.1) is 0 Å². The smallest absolute Gasteiger partial charge is 0.0196 e. The Balaban J connectivity index is 1.52. The molecular weight excluding hydrogens is 192 g/mol. The summed E-state index contributed by atoms with van der Waals surface area (Å²) in [6, 6.07) is 0. The number of fused-ring (bicyclic) bond motifs is 10. The molecule has 4 bridgehead atoms. The standard InChI is InChI=1S/C16H20/c1-2-10-5-9(1)13-7-15-11-3-4-12(6-11)16(15)8-14(10)13/h1-4,9-16H,5-8H2/t9-,10+,11+,12-,13+,14-,15-,16+. The monoisotopic (exact) mass is 212 g/mol. The van der Waals surface area contributed by atoms with Gasteiger partial charge in [0.25, 0.3) is 0 Å².